The lowest BCUT2D eigenvalue weighted by Gasteiger charge is -2.16. The summed E-state index contributed by atoms with van der Waals surface area (Å²) in [6.07, 6.45) is 0.908. The summed E-state index contributed by atoms with van der Waals surface area (Å²) in [5.74, 6) is -0.130. The molecule has 0 radical (unpaired) electrons. The number of fused-ring (bicyclic) bond motifs is 1. The number of benzene rings is 2. The number of aromatic nitrogens is 2. The summed E-state index contributed by atoms with van der Waals surface area (Å²) in [5.41, 5.74) is 3.06. The number of ether oxygens (including phenoxy) is 1. The van der Waals surface area contributed by atoms with Crippen molar-refractivity contribution >= 4 is 22.8 Å². The molecule has 1 atom stereocenters. The Bertz CT molecular complexity index is 942. The van der Waals surface area contributed by atoms with Crippen LogP contribution in [0.4, 0.5) is 10.2 Å². The van der Waals surface area contributed by atoms with E-state index in [9.17, 15) is 9.18 Å². The van der Waals surface area contributed by atoms with Gasteiger partial charge in [0, 0.05) is 11.6 Å². The molecule has 1 heterocycles. The highest BCUT2D eigenvalue weighted by molar-refractivity contribution is 5.94. The van der Waals surface area contributed by atoms with Crippen LogP contribution in [0.5, 0.6) is 0 Å². The van der Waals surface area contributed by atoms with Crippen LogP contribution in [0.1, 0.15) is 30.6 Å². The Balaban J connectivity index is 2.16. The molecule has 1 aromatic heterocycles. The Labute approximate surface area is 151 Å². The molecular weight excluding hydrogens is 333 g/mol. The third-order valence-electron chi connectivity index (χ3n) is 4.20. The maximum atomic E-state index is 13.3. The molecule has 0 bridgehead atoms. The van der Waals surface area contributed by atoms with Gasteiger partial charge in [-0.15, -0.1) is 0 Å². The highest BCUT2D eigenvalue weighted by Gasteiger charge is 2.15. The van der Waals surface area contributed by atoms with Gasteiger partial charge in [0.1, 0.15) is 11.5 Å². The Kier molecular flexibility index (Phi) is 5.11. The number of carbonyl (C=O) groups excluding carboxylic acids is 1. The minimum absolute atomic E-state index is 0.185. The summed E-state index contributed by atoms with van der Waals surface area (Å²) >= 11 is 0. The molecule has 0 aliphatic heterocycles. The molecule has 1 unspecified atom stereocenters. The van der Waals surface area contributed by atoms with E-state index in [-0.39, 0.29) is 11.9 Å². The first kappa shape index (κ1) is 17.8. The van der Waals surface area contributed by atoms with E-state index in [0.29, 0.717) is 28.1 Å². The summed E-state index contributed by atoms with van der Waals surface area (Å²) in [7, 11) is 1.34. The second-order valence-electron chi connectivity index (χ2n) is 6.08. The Morgan fingerprint density at radius 3 is 2.54 bits per heavy atom. The van der Waals surface area contributed by atoms with Gasteiger partial charge in [-0.1, -0.05) is 6.92 Å². The largest absolute Gasteiger partial charge is 0.465 e. The van der Waals surface area contributed by atoms with Crippen LogP contribution in [0.3, 0.4) is 0 Å². The normalized spacial score (nSPS) is 12.0. The fraction of sp³-hybridized carbons (Fsp3) is 0.250. The monoisotopic (exact) mass is 353 g/mol. The van der Waals surface area contributed by atoms with Gasteiger partial charge in [-0.3, -0.25) is 0 Å². The zero-order valence-corrected chi connectivity index (χ0v) is 14.9. The predicted molar refractivity (Wildman–Crippen MR) is 99.6 cm³/mol. The fourth-order valence-electron chi connectivity index (χ4n) is 2.54. The molecule has 1 N–H and O–H groups in total. The van der Waals surface area contributed by atoms with Gasteiger partial charge in [0.05, 0.1) is 23.7 Å². The van der Waals surface area contributed by atoms with Gasteiger partial charge in [-0.25, -0.2) is 19.2 Å². The van der Waals surface area contributed by atoms with Crippen molar-refractivity contribution in [3.63, 3.8) is 0 Å². The molecule has 0 spiro atoms. The van der Waals surface area contributed by atoms with E-state index < -0.39 is 5.97 Å². The zero-order chi connectivity index (χ0) is 18.7. The number of nitrogens with one attached hydrogen (secondary N) is 1. The lowest BCUT2D eigenvalue weighted by molar-refractivity contribution is 0.0601. The first-order valence-corrected chi connectivity index (χ1v) is 8.44. The van der Waals surface area contributed by atoms with Gasteiger partial charge in [0.25, 0.3) is 0 Å². The number of hydrogen-bond acceptors (Lipinski definition) is 5. The number of carbonyl (C=O) groups is 1. The minimum Gasteiger partial charge on any atom is -0.465 e. The van der Waals surface area contributed by atoms with Crippen LogP contribution in [0.2, 0.25) is 0 Å². The molecule has 6 heteroatoms. The first-order chi connectivity index (χ1) is 12.5. The summed E-state index contributed by atoms with van der Waals surface area (Å²) < 4.78 is 18.0. The van der Waals surface area contributed by atoms with Crippen molar-refractivity contribution in [2.24, 2.45) is 0 Å². The van der Waals surface area contributed by atoms with Crippen molar-refractivity contribution in [1.82, 2.24) is 9.97 Å². The van der Waals surface area contributed by atoms with Crippen molar-refractivity contribution in [1.29, 1.82) is 0 Å². The second kappa shape index (κ2) is 7.47. The smallest absolute Gasteiger partial charge is 0.337 e. The van der Waals surface area contributed by atoms with Crippen LogP contribution in [0.15, 0.2) is 42.5 Å². The average molecular weight is 353 g/mol. The summed E-state index contributed by atoms with van der Waals surface area (Å²) in [4.78, 5) is 21.1. The van der Waals surface area contributed by atoms with Crippen LogP contribution in [0.25, 0.3) is 22.3 Å². The molecule has 0 aliphatic carbocycles. The van der Waals surface area contributed by atoms with E-state index >= 15 is 0 Å². The number of methoxy groups -OCH3 is 1. The number of nitrogens with zero attached hydrogens (tertiary/aromatic N) is 2. The third kappa shape index (κ3) is 3.64. The van der Waals surface area contributed by atoms with Gasteiger partial charge in [-0.2, -0.15) is 0 Å². The van der Waals surface area contributed by atoms with Crippen LogP contribution in [-0.2, 0) is 4.74 Å². The molecule has 5 nitrogen and oxygen atoms in total. The number of rotatable bonds is 5. The maximum Gasteiger partial charge on any atom is 0.337 e. The third-order valence-corrected chi connectivity index (χ3v) is 4.20. The SMILES string of the molecule is CCC(C)Nc1nc2cc(C(=O)OC)ccc2nc1-c1ccc(F)cc1. The summed E-state index contributed by atoms with van der Waals surface area (Å²) in [5, 5.41) is 3.34. The van der Waals surface area contributed by atoms with Crippen molar-refractivity contribution in [3.05, 3.63) is 53.8 Å². The molecule has 26 heavy (non-hydrogen) atoms. The second-order valence-corrected chi connectivity index (χ2v) is 6.08. The molecular formula is C20H20FN3O2. The summed E-state index contributed by atoms with van der Waals surface area (Å²) in [6, 6.07) is 11.4. The summed E-state index contributed by atoms with van der Waals surface area (Å²) in [6.45, 7) is 4.12. The van der Waals surface area contributed by atoms with Gasteiger partial charge in [0.15, 0.2) is 5.82 Å². The van der Waals surface area contributed by atoms with E-state index in [1.54, 1.807) is 30.3 Å². The molecule has 0 fully saturated rings. The fourth-order valence-corrected chi connectivity index (χ4v) is 2.54. The van der Waals surface area contributed by atoms with E-state index in [4.69, 9.17) is 4.74 Å². The van der Waals surface area contributed by atoms with E-state index in [0.717, 1.165) is 12.0 Å². The topological polar surface area (TPSA) is 64.1 Å². The molecule has 3 aromatic rings. The predicted octanol–water partition coefficient (Wildman–Crippen LogP) is 4.43. The van der Waals surface area contributed by atoms with Crippen molar-refractivity contribution in [2.75, 3.05) is 12.4 Å². The number of esters is 1. The minimum atomic E-state index is -0.423. The van der Waals surface area contributed by atoms with Crippen molar-refractivity contribution in [3.8, 4) is 11.3 Å². The Morgan fingerprint density at radius 1 is 1.15 bits per heavy atom. The van der Waals surface area contributed by atoms with Crippen LogP contribution < -0.4 is 5.32 Å². The Hall–Kier alpha value is -3.02. The molecule has 134 valence electrons. The lowest BCUT2D eigenvalue weighted by atomic mass is 10.1. The van der Waals surface area contributed by atoms with Gasteiger partial charge >= 0.3 is 5.97 Å². The van der Waals surface area contributed by atoms with Crippen LogP contribution in [0, 0.1) is 5.82 Å². The molecule has 3 rings (SSSR count). The number of hydrogen-bond donors (Lipinski definition) is 1. The average Bonchev–Trinajstić information content (AvgIpc) is 2.67. The Morgan fingerprint density at radius 2 is 1.88 bits per heavy atom. The maximum absolute atomic E-state index is 13.3. The van der Waals surface area contributed by atoms with Crippen molar-refractivity contribution < 1.29 is 13.9 Å². The molecule has 0 amide bonds. The zero-order valence-electron chi connectivity index (χ0n) is 14.9. The lowest BCUT2D eigenvalue weighted by Crippen LogP contribution is -2.16. The van der Waals surface area contributed by atoms with Gasteiger partial charge in [-0.05, 0) is 55.8 Å². The highest BCUT2D eigenvalue weighted by atomic mass is 19.1. The van der Waals surface area contributed by atoms with E-state index in [2.05, 4.69) is 22.2 Å². The standard InChI is InChI=1S/C20H20FN3O2/c1-4-12(2)22-19-18(13-5-8-15(21)9-6-13)23-16-10-7-14(20(25)26-3)11-17(16)24-19/h5-12H,4H2,1-3H3,(H,22,24). The van der Waals surface area contributed by atoms with Crippen molar-refractivity contribution in [2.45, 2.75) is 26.3 Å². The van der Waals surface area contributed by atoms with E-state index in [1.807, 2.05) is 6.92 Å². The van der Waals surface area contributed by atoms with Crippen LogP contribution >= 0.6 is 0 Å². The van der Waals surface area contributed by atoms with Gasteiger partial charge in [0.2, 0.25) is 0 Å². The van der Waals surface area contributed by atoms with Gasteiger partial charge < -0.3 is 10.1 Å². The molecule has 0 saturated carbocycles. The van der Waals surface area contributed by atoms with E-state index in [1.165, 1.54) is 19.2 Å². The molecule has 2 aromatic carbocycles. The number of halogens is 1. The quantitative estimate of drug-likeness (QED) is 0.687. The first-order valence-electron chi connectivity index (χ1n) is 8.44. The van der Waals surface area contributed by atoms with Crippen LogP contribution in [-0.4, -0.2) is 29.1 Å². The number of anilines is 1. The molecule has 0 aliphatic rings. The highest BCUT2D eigenvalue weighted by Crippen LogP contribution is 2.28. The molecule has 0 saturated heterocycles.